The third kappa shape index (κ3) is 2.83. The Morgan fingerprint density at radius 2 is 2.41 bits per heavy atom. The van der Waals surface area contributed by atoms with Crippen molar-refractivity contribution >= 4 is 11.9 Å². The minimum Gasteiger partial charge on any atom is -0.475 e. The smallest absolute Gasteiger partial charge is 0.371 e. The molecule has 0 bridgehead atoms. The molecule has 17 heavy (non-hydrogen) atoms. The first kappa shape index (κ1) is 11.2. The van der Waals surface area contributed by atoms with Gasteiger partial charge in [-0.1, -0.05) is 0 Å². The number of hydrogen-bond acceptors (Lipinski definition) is 5. The van der Waals surface area contributed by atoms with Gasteiger partial charge >= 0.3 is 5.97 Å². The zero-order valence-electron chi connectivity index (χ0n) is 9.25. The molecule has 0 aliphatic rings. The van der Waals surface area contributed by atoms with Crippen LogP contribution in [0.4, 0.5) is 5.88 Å². The maximum absolute atomic E-state index is 10.6. The van der Waals surface area contributed by atoms with E-state index in [1.165, 1.54) is 6.07 Å². The molecule has 0 unspecified atom stereocenters. The lowest BCUT2D eigenvalue weighted by Gasteiger charge is -1.99. The summed E-state index contributed by atoms with van der Waals surface area (Å²) < 4.78 is 6.66. The molecular formula is C10H12N4O3. The first-order chi connectivity index (χ1) is 8.15. The van der Waals surface area contributed by atoms with Gasteiger partial charge in [-0.05, 0) is 6.07 Å². The molecule has 7 nitrogen and oxygen atoms in total. The number of anilines is 1. The highest BCUT2D eigenvalue weighted by Crippen LogP contribution is 2.12. The summed E-state index contributed by atoms with van der Waals surface area (Å²) in [5, 5.41) is 15.7. The largest absolute Gasteiger partial charge is 0.475 e. The quantitative estimate of drug-likeness (QED) is 0.796. The van der Waals surface area contributed by atoms with Crippen LogP contribution in [0, 0.1) is 0 Å². The minimum absolute atomic E-state index is 0.0801. The van der Waals surface area contributed by atoms with Crippen LogP contribution >= 0.6 is 0 Å². The molecule has 0 atom stereocenters. The number of aromatic nitrogens is 3. The van der Waals surface area contributed by atoms with Gasteiger partial charge in [0.1, 0.15) is 6.33 Å². The Labute approximate surface area is 97.1 Å². The van der Waals surface area contributed by atoms with Crippen LogP contribution in [0.15, 0.2) is 22.9 Å². The average Bonchev–Trinajstić information content (AvgIpc) is 2.88. The van der Waals surface area contributed by atoms with E-state index < -0.39 is 5.97 Å². The number of rotatable bonds is 5. The number of aromatic carboxylic acids is 1. The number of hydrogen-bond donors (Lipinski definition) is 2. The first-order valence-electron chi connectivity index (χ1n) is 5.06. The molecule has 0 fully saturated rings. The fourth-order valence-corrected chi connectivity index (χ4v) is 1.34. The van der Waals surface area contributed by atoms with Crippen molar-refractivity contribution in [2.75, 3.05) is 11.9 Å². The Bertz CT molecular complexity index is 517. The van der Waals surface area contributed by atoms with E-state index in [0.717, 1.165) is 5.82 Å². The predicted octanol–water partition coefficient (Wildman–Crippen LogP) is 0.761. The van der Waals surface area contributed by atoms with Gasteiger partial charge in [-0.15, -0.1) is 0 Å². The van der Waals surface area contributed by atoms with Gasteiger partial charge in [-0.2, -0.15) is 5.10 Å². The van der Waals surface area contributed by atoms with E-state index in [9.17, 15) is 4.79 Å². The third-order valence-corrected chi connectivity index (χ3v) is 2.11. The standard InChI is InChI=1S/C10H12N4O3/c1-14-6-12-8(13-14)4-5-11-9-3-2-7(17-9)10(15)16/h2-3,6,11H,4-5H2,1H3,(H,15,16). The highest BCUT2D eigenvalue weighted by molar-refractivity contribution is 5.84. The summed E-state index contributed by atoms with van der Waals surface area (Å²) >= 11 is 0. The highest BCUT2D eigenvalue weighted by atomic mass is 16.4. The molecule has 0 aromatic carbocycles. The van der Waals surface area contributed by atoms with Crippen molar-refractivity contribution in [2.45, 2.75) is 6.42 Å². The summed E-state index contributed by atoms with van der Waals surface area (Å²) in [5.41, 5.74) is 0. The van der Waals surface area contributed by atoms with E-state index in [-0.39, 0.29) is 5.76 Å². The van der Waals surface area contributed by atoms with Crippen molar-refractivity contribution in [1.82, 2.24) is 14.8 Å². The second-order valence-electron chi connectivity index (χ2n) is 3.48. The SMILES string of the molecule is Cn1cnc(CCNc2ccc(C(=O)O)o2)n1. The summed E-state index contributed by atoms with van der Waals surface area (Å²) in [6.45, 7) is 0.580. The molecular weight excluding hydrogens is 224 g/mol. The van der Waals surface area contributed by atoms with E-state index >= 15 is 0 Å². The van der Waals surface area contributed by atoms with Gasteiger partial charge in [-0.3, -0.25) is 4.68 Å². The second-order valence-corrected chi connectivity index (χ2v) is 3.48. The summed E-state index contributed by atoms with van der Waals surface area (Å²) in [4.78, 5) is 14.6. The van der Waals surface area contributed by atoms with Crippen LogP contribution < -0.4 is 5.32 Å². The number of carboxylic acid groups (broad SMARTS) is 1. The molecule has 90 valence electrons. The predicted molar refractivity (Wildman–Crippen MR) is 58.9 cm³/mol. The van der Waals surface area contributed by atoms with E-state index in [0.29, 0.717) is 18.8 Å². The number of aryl methyl sites for hydroxylation is 1. The highest BCUT2D eigenvalue weighted by Gasteiger charge is 2.08. The molecule has 2 rings (SSSR count). The van der Waals surface area contributed by atoms with Crippen molar-refractivity contribution in [1.29, 1.82) is 0 Å². The number of carbonyl (C=O) groups is 1. The average molecular weight is 236 g/mol. The van der Waals surface area contributed by atoms with Crippen LogP contribution in [0.25, 0.3) is 0 Å². The van der Waals surface area contributed by atoms with Crippen LogP contribution in [0.1, 0.15) is 16.4 Å². The summed E-state index contributed by atoms with van der Waals surface area (Å²) in [6.07, 6.45) is 2.27. The minimum atomic E-state index is -1.08. The molecule has 0 aliphatic carbocycles. The summed E-state index contributed by atoms with van der Waals surface area (Å²) in [5.74, 6) is -0.00347. The van der Waals surface area contributed by atoms with Gasteiger partial charge in [0.15, 0.2) is 11.7 Å². The molecule has 0 amide bonds. The Balaban J connectivity index is 1.83. The van der Waals surface area contributed by atoms with E-state index in [2.05, 4.69) is 15.4 Å². The molecule has 0 spiro atoms. The Hall–Kier alpha value is -2.31. The van der Waals surface area contributed by atoms with Gasteiger partial charge < -0.3 is 14.8 Å². The number of nitrogens with zero attached hydrogens (tertiary/aromatic N) is 3. The maximum Gasteiger partial charge on any atom is 0.371 e. The van der Waals surface area contributed by atoms with E-state index in [4.69, 9.17) is 9.52 Å². The number of furan rings is 1. The van der Waals surface area contributed by atoms with Crippen LogP contribution in [-0.4, -0.2) is 32.4 Å². The van der Waals surface area contributed by atoms with Crippen molar-refractivity contribution < 1.29 is 14.3 Å². The molecule has 2 aromatic rings. The lowest BCUT2D eigenvalue weighted by atomic mass is 10.4. The van der Waals surface area contributed by atoms with Crippen LogP contribution in [0.3, 0.4) is 0 Å². The van der Waals surface area contributed by atoms with E-state index in [1.807, 2.05) is 0 Å². The van der Waals surface area contributed by atoms with Gasteiger partial charge in [0.2, 0.25) is 5.76 Å². The third-order valence-electron chi connectivity index (χ3n) is 2.11. The van der Waals surface area contributed by atoms with Crippen molar-refractivity contribution in [3.8, 4) is 0 Å². The monoisotopic (exact) mass is 236 g/mol. The second kappa shape index (κ2) is 4.69. The summed E-state index contributed by atoms with van der Waals surface area (Å²) in [7, 11) is 1.80. The van der Waals surface area contributed by atoms with Gasteiger partial charge in [-0.25, -0.2) is 9.78 Å². The summed E-state index contributed by atoms with van der Waals surface area (Å²) in [6, 6.07) is 2.99. The first-order valence-corrected chi connectivity index (χ1v) is 5.06. The van der Waals surface area contributed by atoms with Crippen LogP contribution in [-0.2, 0) is 13.5 Å². The normalized spacial score (nSPS) is 10.4. The van der Waals surface area contributed by atoms with Gasteiger partial charge in [0.25, 0.3) is 0 Å². The van der Waals surface area contributed by atoms with Crippen molar-refractivity contribution in [3.05, 3.63) is 30.0 Å². The molecule has 0 aliphatic heterocycles. The van der Waals surface area contributed by atoms with Crippen LogP contribution in [0.5, 0.6) is 0 Å². The lowest BCUT2D eigenvalue weighted by molar-refractivity contribution is 0.0663. The Kier molecular flexibility index (Phi) is 3.08. The topological polar surface area (TPSA) is 93.2 Å². The Morgan fingerprint density at radius 1 is 1.59 bits per heavy atom. The fourth-order valence-electron chi connectivity index (χ4n) is 1.34. The zero-order valence-corrected chi connectivity index (χ0v) is 9.25. The number of nitrogens with one attached hydrogen (secondary N) is 1. The zero-order chi connectivity index (χ0) is 12.3. The molecule has 2 N–H and O–H groups in total. The van der Waals surface area contributed by atoms with Gasteiger partial charge in [0.05, 0.1) is 0 Å². The van der Waals surface area contributed by atoms with E-state index in [1.54, 1.807) is 24.1 Å². The Morgan fingerprint density at radius 3 is 3.00 bits per heavy atom. The molecule has 2 heterocycles. The molecule has 2 aromatic heterocycles. The maximum atomic E-state index is 10.6. The number of carboxylic acids is 1. The van der Waals surface area contributed by atoms with Crippen molar-refractivity contribution in [2.24, 2.45) is 7.05 Å². The molecule has 0 saturated heterocycles. The van der Waals surface area contributed by atoms with Crippen LogP contribution in [0.2, 0.25) is 0 Å². The molecule has 0 radical (unpaired) electrons. The molecule has 7 heteroatoms. The fraction of sp³-hybridized carbons (Fsp3) is 0.300. The van der Waals surface area contributed by atoms with Crippen molar-refractivity contribution in [3.63, 3.8) is 0 Å². The lowest BCUT2D eigenvalue weighted by Crippen LogP contribution is -2.05. The van der Waals surface area contributed by atoms with Gasteiger partial charge in [0, 0.05) is 26.1 Å². The molecule has 0 saturated carbocycles.